The van der Waals surface area contributed by atoms with Gasteiger partial charge in [0.1, 0.15) is 0 Å². The molecule has 1 amide bonds. The summed E-state index contributed by atoms with van der Waals surface area (Å²) < 4.78 is 7.74. The molecule has 8 heteroatoms. The molecule has 2 heterocycles. The average Bonchev–Trinajstić information content (AvgIpc) is 3.16. The number of thioether (sulfide) groups is 1. The molecule has 162 valence electrons. The Labute approximate surface area is 191 Å². The van der Waals surface area contributed by atoms with Crippen LogP contribution >= 0.6 is 23.4 Å². The van der Waals surface area contributed by atoms with E-state index in [1.54, 1.807) is 0 Å². The van der Waals surface area contributed by atoms with Crippen LogP contribution in [-0.4, -0.2) is 56.6 Å². The minimum atomic E-state index is 0.0464. The molecule has 0 N–H and O–H groups in total. The Morgan fingerprint density at radius 3 is 2.52 bits per heavy atom. The largest absolute Gasteiger partial charge is 0.372 e. The van der Waals surface area contributed by atoms with Gasteiger partial charge in [0.05, 0.1) is 18.0 Å². The fourth-order valence-electron chi connectivity index (χ4n) is 3.75. The molecule has 3 aromatic rings. The van der Waals surface area contributed by atoms with Crippen LogP contribution in [0.5, 0.6) is 0 Å². The lowest BCUT2D eigenvalue weighted by Gasteiger charge is -2.35. The van der Waals surface area contributed by atoms with Gasteiger partial charge < -0.3 is 9.64 Å². The fraction of sp³-hybridized carbons (Fsp3) is 0.348. The van der Waals surface area contributed by atoms with Crippen LogP contribution in [0.2, 0.25) is 5.02 Å². The van der Waals surface area contributed by atoms with Crippen LogP contribution in [0.25, 0.3) is 17.1 Å². The highest BCUT2D eigenvalue weighted by Gasteiger charge is 2.26. The molecular weight excluding hydrogens is 432 g/mol. The maximum atomic E-state index is 12.9. The number of ether oxygens (including phenoxy) is 1. The number of hydrogen-bond donors (Lipinski definition) is 0. The van der Waals surface area contributed by atoms with E-state index in [-0.39, 0.29) is 18.1 Å². The molecule has 0 radical (unpaired) electrons. The van der Waals surface area contributed by atoms with Crippen molar-refractivity contribution in [2.75, 3.05) is 18.8 Å². The van der Waals surface area contributed by atoms with Gasteiger partial charge in [-0.3, -0.25) is 9.36 Å². The monoisotopic (exact) mass is 456 g/mol. The molecule has 31 heavy (non-hydrogen) atoms. The number of halogens is 1. The molecule has 0 aliphatic carbocycles. The summed E-state index contributed by atoms with van der Waals surface area (Å²) >= 11 is 7.46. The van der Waals surface area contributed by atoms with Gasteiger partial charge in [0.15, 0.2) is 11.0 Å². The van der Waals surface area contributed by atoms with Gasteiger partial charge in [0.25, 0.3) is 0 Å². The van der Waals surface area contributed by atoms with Crippen LogP contribution in [0.1, 0.15) is 19.4 Å². The zero-order valence-corrected chi connectivity index (χ0v) is 19.4. The standard InChI is InChI=1S/C23H25ClN4O2S/c1-15-5-4-6-20(11-15)28-22(18-7-9-19(24)10-8-18)25-26-23(28)31-14-21(29)27-12-16(2)30-17(3)13-27/h4-11,16-17H,12-14H2,1-3H3/t16-,17+. The van der Waals surface area contributed by atoms with Gasteiger partial charge in [-0.25, -0.2) is 0 Å². The third-order valence-corrected chi connectivity index (χ3v) is 6.26. The number of rotatable bonds is 5. The molecule has 4 rings (SSSR count). The van der Waals surface area contributed by atoms with Crippen LogP contribution in [0.4, 0.5) is 0 Å². The van der Waals surface area contributed by atoms with E-state index in [0.29, 0.717) is 34.8 Å². The summed E-state index contributed by atoms with van der Waals surface area (Å²) in [6, 6.07) is 15.7. The molecule has 1 aliphatic heterocycles. The highest BCUT2D eigenvalue weighted by Crippen LogP contribution is 2.29. The number of amides is 1. The van der Waals surface area contributed by atoms with Gasteiger partial charge in [-0.2, -0.15) is 0 Å². The van der Waals surface area contributed by atoms with Crippen LogP contribution in [0.3, 0.4) is 0 Å². The highest BCUT2D eigenvalue weighted by atomic mass is 35.5. The summed E-state index contributed by atoms with van der Waals surface area (Å²) in [6.07, 6.45) is 0.0929. The molecule has 2 atom stereocenters. The Morgan fingerprint density at radius 2 is 1.84 bits per heavy atom. The first kappa shape index (κ1) is 21.9. The third-order valence-electron chi connectivity index (χ3n) is 5.09. The van der Waals surface area contributed by atoms with Crippen molar-refractivity contribution in [2.45, 2.75) is 38.1 Å². The van der Waals surface area contributed by atoms with Gasteiger partial charge in [-0.05, 0) is 62.7 Å². The Hall–Kier alpha value is -2.35. The second-order valence-electron chi connectivity index (χ2n) is 7.83. The minimum Gasteiger partial charge on any atom is -0.372 e. The lowest BCUT2D eigenvalue weighted by atomic mass is 10.2. The van der Waals surface area contributed by atoms with Crippen molar-refractivity contribution in [3.05, 3.63) is 59.1 Å². The highest BCUT2D eigenvalue weighted by molar-refractivity contribution is 7.99. The van der Waals surface area contributed by atoms with Crippen molar-refractivity contribution in [1.82, 2.24) is 19.7 Å². The van der Waals surface area contributed by atoms with Crippen molar-refractivity contribution in [1.29, 1.82) is 0 Å². The van der Waals surface area contributed by atoms with E-state index in [9.17, 15) is 4.79 Å². The van der Waals surface area contributed by atoms with E-state index in [0.717, 1.165) is 16.8 Å². The van der Waals surface area contributed by atoms with E-state index in [1.807, 2.05) is 72.7 Å². The van der Waals surface area contributed by atoms with Gasteiger partial charge in [-0.1, -0.05) is 35.5 Å². The van der Waals surface area contributed by atoms with Crippen LogP contribution in [-0.2, 0) is 9.53 Å². The smallest absolute Gasteiger partial charge is 0.233 e. The lowest BCUT2D eigenvalue weighted by Crippen LogP contribution is -2.48. The van der Waals surface area contributed by atoms with Crippen molar-refractivity contribution in [3.8, 4) is 17.1 Å². The zero-order chi connectivity index (χ0) is 22.0. The van der Waals surface area contributed by atoms with E-state index in [2.05, 4.69) is 16.3 Å². The molecule has 0 unspecified atom stereocenters. The Bertz CT molecular complexity index is 1060. The molecule has 1 aliphatic rings. The Morgan fingerprint density at radius 1 is 1.13 bits per heavy atom. The molecule has 0 spiro atoms. The molecule has 2 aromatic carbocycles. The first-order chi connectivity index (χ1) is 14.9. The number of benzene rings is 2. The molecule has 1 saturated heterocycles. The number of carbonyl (C=O) groups is 1. The Balaban J connectivity index is 1.61. The number of aryl methyl sites for hydroxylation is 1. The zero-order valence-electron chi connectivity index (χ0n) is 17.8. The predicted molar refractivity (Wildman–Crippen MR) is 124 cm³/mol. The van der Waals surface area contributed by atoms with E-state index < -0.39 is 0 Å². The van der Waals surface area contributed by atoms with Gasteiger partial charge in [0, 0.05) is 29.4 Å². The van der Waals surface area contributed by atoms with E-state index in [1.165, 1.54) is 11.8 Å². The van der Waals surface area contributed by atoms with Crippen LogP contribution in [0.15, 0.2) is 53.7 Å². The molecule has 1 aromatic heterocycles. The molecule has 0 bridgehead atoms. The normalized spacial score (nSPS) is 18.9. The fourth-order valence-corrected chi connectivity index (χ4v) is 4.73. The summed E-state index contributed by atoms with van der Waals surface area (Å²) in [5.41, 5.74) is 3.00. The molecular formula is C23H25ClN4O2S. The maximum Gasteiger partial charge on any atom is 0.233 e. The molecule has 0 saturated carbocycles. The SMILES string of the molecule is Cc1cccc(-n2c(SCC(=O)N3C[C@@H](C)O[C@@H](C)C3)nnc2-c2ccc(Cl)cc2)c1. The van der Waals surface area contributed by atoms with Crippen LogP contribution in [0, 0.1) is 6.92 Å². The number of aromatic nitrogens is 3. The quantitative estimate of drug-likeness (QED) is 0.524. The van der Waals surface area contributed by atoms with Crippen molar-refractivity contribution in [3.63, 3.8) is 0 Å². The van der Waals surface area contributed by atoms with E-state index >= 15 is 0 Å². The summed E-state index contributed by atoms with van der Waals surface area (Å²) in [6.45, 7) is 7.27. The third kappa shape index (κ3) is 5.11. The van der Waals surface area contributed by atoms with Crippen molar-refractivity contribution < 1.29 is 9.53 Å². The minimum absolute atomic E-state index is 0.0464. The van der Waals surface area contributed by atoms with Crippen molar-refractivity contribution >= 4 is 29.3 Å². The van der Waals surface area contributed by atoms with Crippen molar-refractivity contribution in [2.24, 2.45) is 0 Å². The first-order valence-electron chi connectivity index (χ1n) is 10.2. The lowest BCUT2D eigenvalue weighted by molar-refractivity contribution is -0.140. The number of hydrogen-bond acceptors (Lipinski definition) is 5. The predicted octanol–water partition coefficient (Wildman–Crippen LogP) is 4.62. The first-order valence-corrected chi connectivity index (χ1v) is 11.6. The molecule has 6 nitrogen and oxygen atoms in total. The van der Waals surface area contributed by atoms with Gasteiger partial charge in [-0.15, -0.1) is 10.2 Å². The van der Waals surface area contributed by atoms with Gasteiger partial charge in [0.2, 0.25) is 5.91 Å². The number of carbonyl (C=O) groups excluding carboxylic acids is 1. The number of nitrogens with zero attached hydrogens (tertiary/aromatic N) is 4. The maximum absolute atomic E-state index is 12.9. The summed E-state index contributed by atoms with van der Waals surface area (Å²) in [5.74, 6) is 1.09. The summed E-state index contributed by atoms with van der Waals surface area (Å²) in [7, 11) is 0. The summed E-state index contributed by atoms with van der Waals surface area (Å²) in [5, 5.41) is 10.2. The van der Waals surface area contributed by atoms with Gasteiger partial charge >= 0.3 is 0 Å². The Kier molecular flexibility index (Phi) is 6.65. The second kappa shape index (κ2) is 9.42. The van der Waals surface area contributed by atoms with Crippen LogP contribution < -0.4 is 0 Å². The summed E-state index contributed by atoms with van der Waals surface area (Å²) in [4.78, 5) is 14.7. The number of morpholine rings is 1. The topological polar surface area (TPSA) is 60.2 Å². The second-order valence-corrected chi connectivity index (χ2v) is 9.21. The van der Waals surface area contributed by atoms with E-state index in [4.69, 9.17) is 16.3 Å². The average molecular weight is 457 g/mol. The molecule has 1 fully saturated rings.